The Labute approximate surface area is 187 Å². The SMILES string of the molecule is CC(C)(C)c1ccc(C(=O)NNC(=O)c2cccc(S(=O)(=O)NCc3ccco3)c2)cc1. The highest BCUT2D eigenvalue weighted by molar-refractivity contribution is 7.89. The molecular formula is C23H25N3O5S. The van der Waals surface area contributed by atoms with Crippen LogP contribution in [-0.2, 0) is 22.0 Å². The predicted molar refractivity (Wildman–Crippen MR) is 119 cm³/mol. The third kappa shape index (κ3) is 5.83. The molecule has 1 aromatic heterocycles. The molecule has 8 nitrogen and oxygen atoms in total. The van der Waals surface area contributed by atoms with Crippen LogP contribution in [-0.4, -0.2) is 20.2 Å². The van der Waals surface area contributed by atoms with Crippen LogP contribution in [0, 0.1) is 0 Å². The summed E-state index contributed by atoms with van der Waals surface area (Å²) in [4.78, 5) is 24.7. The molecule has 0 saturated carbocycles. The number of nitrogens with one attached hydrogen (secondary N) is 3. The first-order chi connectivity index (χ1) is 15.1. The lowest BCUT2D eigenvalue weighted by molar-refractivity contribution is 0.0846. The van der Waals surface area contributed by atoms with E-state index in [1.165, 1.54) is 30.5 Å². The van der Waals surface area contributed by atoms with Gasteiger partial charge in [-0.15, -0.1) is 0 Å². The van der Waals surface area contributed by atoms with Crippen LogP contribution in [0.1, 0.15) is 52.8 Å². The Morgan fingerprint density at radius 3 is 2.12 bits per heavy atom. The molecule has 0 bridgehead atoms. The van der Waals surface area contributed by atoms with Crippen LogP contribution in [0.5, 0.6) is 0 Å². The number of carbonyl (C=O) groups is 2. The number of amides is 2. The molecule has 2 aromatic carbocycles. The number of hydrogen-bond donors (Lipinski definition) is 3. The van der Waals surface area contributed by atoms with Gasteiger partial charge >= 0.3 is 0 Å². The summed E-state index contributed by atoms with van der Waals surface area (Å²) in [5, 5.41) is 0. The molecule has 0 atom stereocenters. The quantitative estimate of drug-likeness (QED) is 0.494. The molecular weight excluding hydrogens is 430 g/mol. The number of furan rings is 1. The summed E-state index contributed by atoms with van der Waals surface area (Å²) >= 11 is 0. The van der Waals surface area contributed by atoms with E-state index < -0.39 is 21.8 Å². The van der Waals surface area contributed by atoms with Crippen LogP contribution in [0.2, 0.25) is 0 Å². The maximum Gasteiger partial charge on any atom is 0.269 e. The third-order valence-corrected chi connectivity index (χ3v) is 6.12. The summed E-state index contributed by atoms with van der Waals surface area (Å²) in [5.74, 6) is -0.670. The van der Waals surface area contributed by atoms with Crippen molar-refractivity contribution < 1.29 is 22.4 Å². The van der Waals surface area contributed by atoms with Crippen LogP contribution in [0.4, 0.5) is 0 Å². The molecule has 2 amide bonds. The van der Waals surface area contributed by atoms with E-state index in [2.05, 4.69) is 36.3 Å². The molecule has 9 heteroatoms. The minimum Gasteiger partial charge on any atom is -0.468 e. The van der Waals surface area contributed by atoms with Crippen LogP contribution in [0.3, 0.4) is 0 Å². The van der Waals surface area contributed by atoms with Crippen LogP contribution < -0.4 is 15.6 Å². The van der Waals surface area contributed by atoms with Gasteiger partial charge in [-0.05, 0) is 53.4 Å². The van der Waals surface area contributed by atoms with Crippen LogP contribution in [0.25, 0.3) is 0 Å². The summed E-state index contributed by atoms with van der Waals surface area (Å²) in [6.45, 7) is 6.20. The summed E-state index contributed by atoms with van der Waals surface area (Å²) in [7, 11) is -3.86. The van der Waals surface area contributed by atoms with Gasteiger partial charge in [0.25, 0.3) is 11.8 Å². The van der Waals surface area contributed by atoms with Crippen LogP contribution in [0.15, 0.2) is 76.2 Å². The number of hydrazine groups is 1. The van der Waals surface area contributed by atoms with Crippen molar-refractivity contribution in [1.29, 1.82) is 0 Å². The first-order valence-corrected chi connectivity index (χ1v) is 11.4. The third-order valence-electron chi connectivity index (χ3n) is 4.73. The van der Waals surface area contributed by atoms with Gasteiger partial charge in [0, 0.05) is 11.1 Å². The number of carbonyl (C=O) groups excluding carboxylic acids is 2. The van der Waals surface area contributed by atoms with Gasteiger partial charge in [-0.2, -0.15) is 0 Å². The van der Waals surface area contributed by atoms with Gasteiger partial charge in [0.05, 0.1) is 17.7 Å². The second kappa shape index (κ2) is 9.37. The monoisotopic (exact) mass is 455 g/mol. The van der Waals surface area contributed by atoms with E-state index in [-0.39, 0.29) is 22.4 Å². The fourth-order valence-electron chi connectivity index (χ4n) is 2.85. The summed E-state index contributed by atoms with van der Waals surface area (Å²) < 4.78 is 32.5. The van der Waals surface area contributed by atoms with E-state index in [9.17, 15) is 18.0 Å². The largest absolute Gasteiger partial charge is 0.468 e. The minimum atomic E-state index is -3.86. The van der Waals surface area contributed by atoms with E-state index >= 15 is 0 Å². The topological polar surface area (TPSA) is 118 Å². The molecule has 3 N–H and O–H groups in total. The molecule has 0 radical (unpaired) electrons. The Kier molecular flexibility index (Phi) is 6.81. The highest BCUT2D eigenvalue weighted by Crippen LogP contribution is 2.22. The smallest absolute Gasteiger partial charge is 0.269 e. The van der Waals surface area contributed by atoms with E-state index in [1.54, 1.807) is 24.3 Å². The second-order valence-electron chi connectivity index (χ2n) is 8.17. The van der Waals surface area contributed by atoms with Gasteiger partial charge in [-0.1, -0.05) is 39.0 Å². The van der Waals surface area contributed by atoms with E-state index in [1.807, 2.05) is 12.1 Å². The molecule has 3 aromatic rings. The zero-order valence-electron chi connectivity index (χ0n) is 18.0. The average molecular weight is 456 g/mol. The molecule has 168 valence electrons. The fraction of sp³-hybridized carbons (Fsp3) is 0.217. The van der Waals surface area contributed by atoms with Crippen molar-refractivity contribution in [2.24, 2.45) is 0 Å². The van der Waals surface area contributed by atoms with E-state index in [0.717, 1.165) is 5.56 Å². The van der Waals surface area contributed by atoms with Crippen molar-refractivity contribution in [2.45, 2.75) is 37.6 Å². The van der Waals surface area contributed by atoms with Gasteiger partial charge in [0.2, 0.25) is 10.0 Å². The lowest BCUT2D eigenvalue weighted by Crippen LogP contribution is -2.41. The molecule has 0 fully saturated rings. The summed E-state index contributed by atoms with van der Waals surface area (Å²) in [6.07, 6.45) is 1.45. The number of rotatable bonds is 6. The highest BCUT2D eigenvalue weighted by atomic mass is 32.2. The molecule has 0 unspecified atom stereocenters. The van der Waals surface area contributed by atoms with E-state index in [4.69, 9.17) is 4.42 Å². The number of sulfonamides is 1. The number of hydrogen-bond acceptors (Lipinski definition) is 5. The van der Waals surface area contributed by atoms with Crippen molar-refractivity contribution in [3.8, 4) is 0 Å². The average Bonchev–Trinajstić information content (AvgIpc) is 3.29. The molecule has 0 aliphatic carbocycles. The first-order valence-electron chi connectivity index (χ1n) is 9.89. The zero-order valence-corrected chi connectivity index (χ0v) is 18.8. The van der Waals surface area contributed by atoms with Gasteiger partial charge in [0.15, 0.2) is 0 Å². The van der Waals surface area contributed by atoms with Gasteiger partial charge in [-0.25, -0.2) is 13.1 Å². The van der Waals surface area contributed by atoms with Gasteiger partial charge in [-0.3, -0.25) is 20.4 Å². The van der Waals surface area contributed by atoms with Crippen molar-refractivity contribution in [3.63, 3.8) is 0 Å². The standard InChI is InChI=1S/C23H25N3O5S/c1-23(2,3)18-11-9-16(10-12-18)21(27)25-26-22(28)17-6-4-8-20(14-17)32(29,30)24-15-19-7-5-13-31-19/h4-14,24H,15H2,1-3H3,(H,25,27)(H,26,28). The Morgan fingerprint density at radius 2 is 1.53 bits per heavy atom. The Morgan fingerprint density at radius 1 is 0.875 bits per heavy atom. The molecule has 0 aliphatic rings. The highest BCUT2D eigenvalue weighted by Gasteiger charge is 2.18. The van der Waals surface area contributed by atoms with Crippen molar-refractivity contribution in [1.82, 2.24) is 15.6 Å². The van der Waals surface area contributed by atoms with Crippen molar-refractivity contribution in [3.05, 3.63) is 89.4 Å². The molecule has 0 saturated heterocycles. The summed E-state index contributed by atoms with van der Waals surface area (Å²) in [6, 6.07) is 15.9. The normalized spacial score (nSPS) is 11.7. The second-order valence-corrected chi connectivity index (χ2v) is 9.93. The first kappa shape index (κ1) is 23.2. The molecule has 0 aliphatic heterocycles. The lowest BCUT2D eigenvalue weighted by atomic mass is 9.87. The van der Waals surface area contributed by atoms with Gasteiger partial charge in [0.1, 0.15) is 5.76 Å². The van der Waals surface area contributed by atoms with Crippen molar-refractivity contribution in [2.75, 3.05) is 0 Å². The lowest BCUT2D eigenvalue weighted by Gasteiger charge is -2.19. The Balaban J connectivity index is 1.62. The molecule has 0 spiro atoms. The van der Waals surface area contributed by atoms with Crippen molar-refractivity contribution >= 4 is 21.8 Å². The Hall–Kier alpha value is -3.43. The van der Waals surface area contributed by atoms with Gasteiger partial charge < -0.3 is 4.42 Å². The fourth-order valence-corrected chi connectivity index (χ4v) is 3.89. The molecule has 3 rings (SSSR count). The number of benzene rings is 2. The molecule has 32 heavy (non-hydrogen) atoms. The maximum atomic E-state index is 12.5. The minimum absolute atomic E-state index is 0.0180. The summed E-state index contributed by atoms with van der Waals surface area (Å²) in [5.41, 5.74) is 6.15. The van der Waals surface area contributed by atoms with Crippen LogP contribution >= 0.6 is 0 Å². The van der Waals surface area contributed by atoms with E-state index in [0.29, 0.717) is 11.3 Å². The Bertz CT molecular complexity index is 1200. The maximum absolute atomic E-state index is 12.5. The zero-order chi connectivity index (χ0) is 23.4. The predicted octanol–water partition coefficient (Wildman–Crippen LogP) is 3.13. The molecule has 1 heterocycles.